The third-order valence-corrected chi connectivity index (χ3v) is 6.29. The van der Waals surface area contributed by atoms with Crippen LogP contribution in [-0.2, 0) is 17.7 Å². The largest absolute Gasteiger partial charge is 0.444 e. The van der Waals surface area contributed by atoms with Crippen LogP contribution in [0.1, 0.15) is 68.3 Å². The minimum atomic E-state index is -0.532. The van der Waals surface area contributed by atoms with Gasteiger partial charge in [0.25, 0.3) is 5.56 Å². The molecule has 1 aliphatic carbocycles. The molecule has 0 bridgehead atoms. The number of carbonyl (C=O) groups excluding carboxylic acids is 1. The van der Waals surface area contributed by atoms with E-state index in [9.17, 15) is 9.59 Å². The van der Waals surface area contributed by atoms with Crippen molar-refractivity contribution in [2.24, 2.45) is 5.92 Å². The van der Waals surface area contributed by atoms with Crippen LogP contribution < -0.4 is 5.56 Å². The van der Waals surface area contributed by atoms with Gasteiger partial charge in [-0.15, -0.1) is 0 Å². The van der Waals surface area contributed by atoms with E-state index in [2.05, 4.69) is 11.1 Å². The topological polar surface area (TPSA) is 62.4 Å². The highest BCUT2D eigenvalue weighted by Gasteiger charge is 2.33. The second kappa shape index (κ2) is 8.10. The molecule has 4 rings (SSSR count). The van der Waals surface area contributed by atoms with E-state index in [-0.39, 0.29) is 17.6 Å². The second-order valence-corrected chi connectivity index (χ2v) is 9.87. The number of ether oxygens (including phenoxy) is 1. The standard InChI is InChI=1S/C24H29ClN2O3/c1-24(2,3)30-23(29)27-11-10-20-17(14-27)13-19(22(28)26-20)21(15-6-4-7-15)16-8-5-9-18(25)12-16/h5,8-9,12-13,15,21H,4,6-7,10-11,14H2,1-3H3,(H,26,28). The van der Waals surface area contributed by atoms with Gasteiger partial charge < -0.3 is 14.6 Å². The summed E-state index contributed by atoms with van der Waals surface area (Å²) in [4.78, 5) is 30.4. The molecule has 6 heteroatoms. The SMILES string of the molecule is CC(C)(C)OC(=O)N1CCc2[nH]c(=O)c(C(c3cccc(Cl)c3)C3CCC3)cc2C1. The maximum atomic E-state index is 13.0. The summed E-state index contributed by atoms with van der Waals surface area (Å²) in [5, 5.41) is 0.683. The molecular weight excluding hydrogens is 400 g/mol. The molecule has 160 valence electrons. The van der Waals surface area contributed by atoms with E-state index in [0.29, 0.717) is 30.5 Å². The number of aromatic nitrogens is 1. The number of hydrogen-bond donors (Lipinski definition) is 1. The number of carbonyl (C=O) groups is 1. The molecule has 2 heterocycles. The third kappa shape index (κ3) is 4.41. The van der Waals surface area contributed by atoms with E-state index < -0.39 is 5.60 Å². The monoisotopic (exact) mass is 428 g/mol. The van der Waals surface area contributed by atoms with E-state index in [4.69, 9.17) is 16.3 Å². The Bertz CT molecular complexity index is 1000. The molecule has 5 nitrogen and oxygen atoms in total. The van der Waals surface area contributed by atoms with Gasteiger partial charge in [-0.2, -0.15) is 0 Å². The zero-order valence-electron chi connectivity index (χ0n) is 17.8. The summed E-state index contributed by atoms with van der Waals surface area (Å²) in [6, 6.07) is 9.84. The predicted molar refractivity (Wildman–Crippen MR) is 118 cm³/mol. The van der Waals surface area contributed by atoms with E-state index in [1.165, 1.54) is 6.42 Å². The number of hydrogen-bond acceptors (Lipinski definition) is 3. The van der Waals surface area contributed by atoms with E-state index in [1.54, 1.807) is 4.90 Å². The normalized spacial score (nSPS) is 17.8. The molecule has 0 radical (unpaired) electrons. The van der Waals surface area contributed by atoms with Crippen molar-refractivity contribution in [3.63, 3.8) is 0 Å². The quantitative estimate of drug-likeness (QED) is 0.725. The number of H-pyrrole nitrogens is 1. The van der Waals surface area contributed by atoms with Crippen molar-refractivity contribution in [1.82, 2.24) is 9.88 Å². The number of nitrogens with zero attached hydrogens (tertiary/aromatic N) is 1. The minimum Gasteiger partial charge on any atom is -0.444 e. The number of pyridine rings is 1. The lowest BCUT2D eigenvalue weighted by molar-refractivity contribution is 0.0222. The Kier molecular flexibility index (Phi) is 5.67. The van der Waals surface area contributed by atoms with Gasteiger partial charge in [0.1, 0.15) is 5.60 Å². The van der Waals surface area contributed by atoms with Gasteiger partial charge >= 0.3 is 6.09 Å². The highest BCUT2D eigenvalue weighted by molar-refractivity contribution is 6.30. The fraction of sp³-hybridized carbons (Fsp3) is 0.500. The van der Waals surface area contributed by atoms with Crippen molar-refractivity contribution in [3.05, 3.63) is 68.1 Å². The summed E-state index contributed by atoms with van der Waals surface area (Å²) in [6.45, 7) is 6.59. The highest BCUT2D eigenvalue weighted by atomic mass is 35.5. The molecule has 1 unspecified atom stereocenters. The third-order valence-electron chi connectivity index (χ3n) is 6.05. The summed E-state index contributed by atoms with van der Waals surface area (Å²) in [5.41, 5.74) is 3.20. The van der Waals surface area contributed by atoms with Gasteiger partial charge in [0.05, 0.1) is 6.54 Å². The first-order valence-electron chi connectivity index (χ1n) is 10.7. The average Bonchev–Trinajstić information content (AvgIpc) is 2.62. The van der Waals surface area contributed by atoms with Gasteiger partial charge in [-0.05, 0) is 68.9 Å². The molecule has 1 aromatic carbocycles. The van der Waals surface area contributed by atoms with Crippen LogP contribution in [0.2, 0.25) is 5.02 Å². The number of benzene rings is 1. The first kappa shape index (κ1) is 21.0. The van der Waals surface area contributed by atoms with Crippen LogP contribution in [0, 0.1) is 5.92 Å². The van der Waals surface area contributed by atoms with E-state index >= 15 is 0 Å². The first-order chi connectivity index (χ1) is 14.2. The Morgan fingerprint density at radius 1 is 1.27 bits per heavy atom. The van der Waals surface area contributed by atoms with Gasteiger partial charge in [-0.1, -0.05) is 30.2 Å². The summed E-state index contributed by atoms with van der Waals surface area (Å²) < 4.78 is 5.54. The molecule has 2 aliphatic rings. The Morgan fingerprint density at radius 3 is 2.67 bits per heavy atom. The molecular formula is C24H29ClN2O3. The molecule has 1 amide bonds. The minimum absolute atomic E-state index is 0.0170. The van der Waals surface area contributed by atoms with Gasteiger partial charge in [-0.25, -0.2) is 4.79 Å². The van der Waals surface area contributed by atoms with Crippen molar-refractivity contribution in [2.75, 3.05) is 6.54 Å². The molecule has 1 aliphatic heterocycles. The molecule has 0 spiro atoms. The van der Waals surface area contributed by atoms with E-state index in [1.807, 2.05) is 45.0 Å². The van der Waals surface area contributed by atoms with Crippen LogP contribution in [0.25, 0.3) is 0 Å². The molecule has 1 N–H and O–H groups in total. The number of aromatic amines is 1. The Balaban J connectivity index is 1.67. The van der Waals surface area contributed by atoms with Crippen LogP contribution in [0.3, 0.4) is 0 Å². The van der Waals surface area contributed by atoms with Crippen molar-refractivity contribution in [2.45, 2.75) is 64.5 Å². The smallest absolute Gasteiger partial charge is 0.410 e. The highest BCUT2D eigenvalue weighted by Crippen LogP contribution is 2.43. The lowest BCUT2D eigenvalue weighted by Crippen LogP contribution is -2.41. The Labute approximate surface area is 182 Å². The maximum Gasteiger partial charge on any atom is 0.410 e. The number of nitrogens with one attached hydrogen (secondary N) is 1. The fourth-order valence-electron chi connectivity index (χ4n) is 4.42. The summed E-state index contributed by atoms with van der Waals surface area (Å²) in [6.07, 6.45) is 3.72. The van der Waals surface area contributed by atoms with Gasteiger partial charge in [-0.3, -0.25) is 4.79 Å². The van der Waals surface area contributed by atoms with Gasteiger partial charge in [0.15, 0.2) is 0 Å². The number of halogens is 1. The molecule has 0 saturated heterocycles. The Hall–Kier alpha value is -2.27. The van der Waals surface area contributed by atoms with Crippen LogP contribution in [0.5, 0.6) is 0 Å². The molecule has 1 atom stereocenters. The molecule has 30 heavy (non-hydrogen) atoms. The number of fused-ring (bicyclic) bond motifs is 1. The summed E-state index contributed by atoms with van der Waals surface area (Å²) in [7, 11) is 0. The molecule has 1 fully saturated rings. The van der Waals surface area contributed by atoms with Crippen LogP contribution in [0.4, 0.5) is 4.79 Å². The maximum absolute atomic E-state index is 13.0. The summed E-state index contributed by atoms with van der Waals surface area (Å²) in [5.74, 6) is 0.455. The zero-order valence-corrected chi connectivity index (χ0v) is 18.6. The predicted octanol–water partition coefficient (Wildman–Crippen LogP) is 5.25. The van der Waals surface area contributed by atoms with Crippen molar-refractivity contribution in [3.8, 4) is 0 Å². The lowest BCUT2D eigenvalue weighted by atomic mass is 9.70. The van der Waals surface area contributed by atoms with Gasteiger partial charge in [0.2, 0.25) is 0 Å². The molecule has 1 saturated carbocycles. The number of amides is 1. The fourth-order valence-corrected chi connectivity index (χ4v) is 4.62. The van der Waals surface area contributed by atoms with Crippen LogP contribution >= 0.6 is 11.6 Å². The average molecular weight is 429 g/mol. The van der Waals surface area contributed by atoms with E-state index in [0.717, 1.165) is 35.2 Å². The van der Waals surface area contributed by atoms with Crippen molar-refractivity contribution < 1.29 is 9.53 Å². The summed E-state index contributed by atoms with van der Waals surface area (Å²) >= 11 is 6.26. The lowest BCUT2D eigenvalue weighted by Gasteiger charge is -2.35. The zero-order chi connectivity index (χ0) is 21.5. The molecule has 2 aromatic rings. The van der Waals surface area contributed by atoms with Crippen LogP contribution in [-0.4, -0.2) is 28.1 Å². The van der Waals surface area contributed by atoms with Crippen LogP contribution in [0.15, 0.2) is 35.1 Å². The Morgan fingerprint density at radius 2 is 2.03 bits per heavy atom. The second-order valence-electron chi connectivity index (χ2n) is 9.43. The number of rotatable bonds is 3. The van der Waals surface area contributed by atoms with Crippen molar-refractivity contribution >= 4 is 17.7 Å². The van der Waals surface area contributed by atoms with Gasteiger partial charge in [0, 0.05) is 35.2 Å². The first-order valence-corrected chi connectivity index (χ1v) is 11.1. The van der Waals surface area contributed by atoms with Crippen molar-refractivity contribution in [1.29, 1.82) is 0 Å². The molecule has 1 aromatic heterocycles.